The van der Waals surface area contributed by atoms with E-state index in [4.69, 9.17) is 5.11 Å². The number of hydrogen-bond acceptors (Lipinski definition) is 3. The van der Waals surface area contributed by atoms with Gasteiger partial charge in [-0.05, 0) is 17.2 Å². The third kappa shape index (κ3) is 1.54. The van der Waals surface area contributed by atoms with Crippen LogP contribution in [0.1, 0.15) is 6.42 Å². The van der Waals surface area contributed by atoms with Gasteiger partial charge in [0.2, 0.25) is 0 Å². The number of nitrogens with zero attached hydrogens (tertiary/aromatic N) is 2. The van der Waals surface area contributed by atoms with Crippen LogP contribution in [0.4, 0.5) is 0 Å². The Morgan fingerprint density at radius 2 is 2.29 bits per heavy atom. The van der Waals surface area contributed by atoms with Gasteiger partial charge in [0.25, 0.3) is 0 Å². The van der Waals surface area contributed by atoms with Crippen molar-refractivity contribution in [3.63, 3.8) is 0 Å². The summed E-state index contributed by atoms with van der Waals surface area (Å²) in [4.78, 5) is 18.5. The molecule has 0 saturated carbocycles. The van der Waals surface area contributed by atoms with Crippen molar-refractivity contribution in [3.8, 4) is 0 Å². The van der Waals surface area contributed by atoms with Gasteiger partial charge in [-0.3, -0.25) is 9.98 Å². The first kappa shape index (κ1) is 8.62. The predicted octanol–water partition coefficient (Wildman–Crippen LogP) is 1.32. The van der Waals surface area contributed by atoms with Crippen LogP contribution in [0, 0.1) is 0 Å². The molecule has 0 radical (unpaired) electrons. The fourth-order valence-corrected chi connectivity index (χ4v) is 1.29. The van der Waals surface area contributed by atoms with E-state index in [0.717, 1.165) is 11.1 Å². The maximum atomic E-state index is 10.7. The molecule has 2 rings (SSSR count). The summed E-state index contributed by atoms with van der Waals surface area (Å²) < 4.78 is 0. The summed E-state index contributed by atoms with van der Waals surface area (Å²) in [5, 5.41) is 8.76. The number of carboxylic acids is 1. The van der Waals surface area contributed by atoms with Crippen LogP contribution in [-0.4, -0.2) is 23.0 Å². The summed E-state index contributed by atoms with van der Waals surface area (Å²) in [5.41, 5.74) is 1.97. The van der Waals surface area contributed by atoms with Gasteiger partial charge >= 0.3 is 5.97 Å². The number of hydrogen-bond donors (Lipinski definition) is 1. The molecule has 0 amide bonds. The van der Waals surface area contributed by atoms with Crippen LogP contribution in [0.25, 0.3) is 0 Å². The fraction of sp³-hybridized carbons (Fsp3) is 0.100. The largest absolute Gasteiger partial charge is 0.477 e. The van der Waals surface area contributed by atoms with Crippen LogP contribution >= 0.6 is 0 Å². The first-order chi connectivity index (χ1) is 6.77. The average molecular weight is 188 g/mol. The molecule has 0 aromatic carbocycles. The van der Waals surface area contributed by atoms with E-state index in [9.17, 15) is 4.79 Å². The normalized spacial score (nSPS) is 19.0. The molecule has 0 aliphatic carbocycles. The van der Waals surface area contributed by atoms with Gasteiger partial charge in [0.15, 0.2) is 0 Å². The predicted molar refractivity (Wildman–Crippen MR) is 53.5 cm³/mol. The van der Waals surface area contributed by atoms with Gasteiger partial charge in [0.1, 0.15) is 5.71 Å². The second-order valence-electron chi connectivity index (χ2n) is 2.95. The Morgan fingerprint density at radius 1 is 1.43 bits per heavy atom. The first-order valence-electron chi connectivity index (χ1n) is 4.17. The van der Waals surface area contributed by atoms with E-state index >= 15 is 0 Å². The highest BCUT2D eigenvalue weighted by Gasteiger charge is 2.17. The quantitative estimate of drug-likeness (QED) is 0.674. The highest BCUT2D eigenvalue weighted by molar-refractivity contribution is 6.36. The molecular weight excluding hydrogens is 180 g/mol. The molecule has 0 aromatic rings. The molecule has 0 atom stereocenters. The molecule has 4 heteroatoms. The second kappa shape index (κ2) is 3.41. The average Bonchev–Trinajstić information content (AvgIpc) is 2.41. The fourth-order valence-electron chi connectivity index (χ4n) is 1.29. The number of aliphatic imine (C=N–C) groups is 2. The molecule has 4 nitrogen and oxygen atoms in total. The molecule has 2 aliphatic heterocycles. The zero-order valence-electron chi connectivity index (χ0n) is 7.34. The van der Waals surface area contributed by atoms with E-state index in [1.54, 1.807) is 24.7 Å². The molecule has 1 N–H and O–H groups in total. The van der Waals surface area contributed by atoms with E-state index in [1.165, 1.54) is 0 Å². The molecule has 14 heavy (non-hydrogen) atoms. The Bertz CT molecular complexity index is 425. The molecule has 0 aromatic heterocycles. The summed E-state index contributed by atoms with van der Waals surface area (Å²) in [5.74, 6) is -0.974. The molecule has 0 unspecified atom stereocenters. The second-order valence-corrected chi connectivity index (χ2v) is 2.95. The van der Waals surface area contributed by atoms with Gasteiger partial charge in [0.05, 0.1) is 0 Å². The lowest BCUT2D eigenvalue weighted by Gasteiger charge is -2.10. The Hall–Kier alpha value is -1.97. The third-order valence-corrected chi connectivity index (χ3v) is 2.01. The maximum Gasteiger partial charge on any atom is 0.350 e. The Balaban J connectivity index is 2.38. The van der Waals surface area contributed by atoms with Crippen molar-refractivity contribution in [1.29, 1.82) is 0 Å². The summed E-state index contributed by atoms with van der Waals surface area (Å²) >= 11 is 0. The van der Waals surface area contributed by atoms with Crippen molar-refractivity contribution in [2.45, 2.75) is 6.42 Å². The monoisotopic (exact) mass is 188 g/mol. The van der Waals surface area contributed by atoms with E-state index in [1.807, 2.05) is 6.08 Å². The lowest BCUT2D eigenvalue weighted by atomic mass is 9.99. The van der Waals surface area contributed by atoms with Gasteiger partial charge in [-0.2, -0.15) is 0 Å². The van der Waals surface area contributed by atoms with E-state index in [-0.39, 0.29) is 5.71 Å². The van der Waals surface area contributed by atoms with Gasteiger partial charge in [-0.1, -0.05) is 6.08 Å². The standard InChI is InChI=1S/C10H8N2O2/c13-10(14)9-4-8-5-11-3-1-2-7(8)6-12-9/h1-3,5-6H,4H2,(H,13,14). The summed E-state index contributed by atoms with van der Waals surface area (Å²) in [6.07, 6.45) is 8.89. The lowest BCUT2D eigenvalue weighted by Crippen LogP contribution is -2.16. The topological polar surface area (TPSA) is 62.0 Å². The minimum Gasteiger partial charge on any atom is -0.477 e. The number of carboxylic acid groups (broad SMARTS) is 1. The van der Waals surface area contributed by atoms with E-state index < -0.39 is 5.97 Å². The minimum atomic E-state index is -0.974. The van der Waals surface area contributed by atoms with Crippen LogP contribution in [0.5, 0.6) is 0 Å². The summed E-state index contributed by atoms with van der Waals surface area (Å²) in [7, 11) is 0. The Labute approximate surface area is 80.7 Å². The Morgan fingerprint density at radius 3 is 3.07 bits per heavy atom. The van der Waals surface area contributed by atoms with Crippen molar-refractivity contribution in [3.05, 3.63) is 35.7 Å². The van der Waals surface area contributed by atoms with Crippen LogP contribution in [0.3, 0.4) is 0 Å². The molecule has 0 bridgehead atoms. The van der Waals surface area contributed by atoms with E-state index in [2.05, 4.69) is 9.98 Å². The molecule has 2 aliphatic rings. The highest BCUT2D eigenvalue weighted by Crippen LogP contribution is 2.22. The molecule has 0 spiro atoms. The van der Waals surface area contributed by atoms with Crippen molar-refractivity contribution < 1.29 is 9.90 Å². The smallest absolute Gasteiger partial charge is 0.350 e. The molecule has 2 heterocycles. The summed E-state index contributed by atoms with van der Waals surface area (Å²) in [6, 6.07) is 0. The van der Waals surface area contributed by atoms with Crippen molar-refractivity contribution >= 4 is 17.9 Å². The van der Waals surface area contributed by atoms with Crippen molar-refractivity contribution in [1.82, 2.24) is 0 Å². The van der Waals surface area contributed by atoms with E-state index in [0.29, 0.717) is 6.42 Å². The number of rotatable bonds is 1. The zero-order chi connectivity index (χ0) is 9.97. The van der Waals surface area contributed by atoms with Gasteiger partial charge in [0, 0.05) is 25.0 Å². The number of aliphatic carboxylic acids is 1. The molecular formula is C10H8N2O2. The van der Waals surface area contributed by atoms with Crippen LogP contribution in [0.2, 0.25) is 0 Å². The van der Waals surface area contributed by atoms with Gasteiger partial charge in [-0.25, -0.2) is 4.79 Å². The molecule has 0 fully saturated rings. The maximum absolute atomic E-state index is 10.7. The van der Waals surface area contributed by atoms with Crippen molar-refractivity contribution in [2.75, 3.05) is 0 Å². The number of allylic oxidation sites excluding steroid dienone is 4. The van der Waals surface area contributed by atoms with Crippen LogP contribution in [0.15, 0.2) is 45.7 Å². The van der Waals surface area contributed by atoms with Crippen LogP contribution < -0.4 is 0 Å². The van der Waals surface area contributed by atoms with Crippen LogP contribution in [-0.2, 0) is 4.79 Å². The summed E-state index contributed by atoms with van der Waals surface area (Å²) in [6.45, 7) is 0. The van der Waals surface area contributed by atoms with Crippen molar-refractivity contribution in [2.24, 2.45) is 9.98 Å². The van der Waals surface area contributed by atoms with Gasteiger partial charge < -0.3 is 5.11 Å². The highest BCUT2D eigenvalue weighted by atomic mass is 16.4. The number of fused-ring (bicyclic) bond motifs is 1. The Kier molecular flexibility index (Phi) is 2.10. The SMILES string of the molecule is O=C(O)C1=NC=C2C=CC=NC=C2C1. The third-order valence-electron chi connectivity index (χ3n) is 2.01. The molecule has 0 saturated heterocycles. The molecule has 70 valence electrons. The number of carbonyl (C=O) groups is 1. The lowest BCUT2D eigenvalue weighted by molar-refractivity contribution is -0.129. The first-order valence-corrected chi connectivity index (χ1v) is 4.17. The van der Waals surface area contributed by atoms with Gasteiger partial charge in [-0.15, -0.1) is 0 Å². The zero-order valence-corrected chi connectivity index (χ0v) is 7.34. The minimum absolute atomic E-state index is 0.158.